The van der Waals surface area contributed by atoms with Gasteiger partial charge in [0, 0.05) is 41.6 Å². The number of pyridine rings is 1. The fraction of sp³-hybridized carbons (Fsp3) is 0.333. The Hall–Kier alpha value is -4.59. The third-order valence-electron chi connectivity index (χ3n) is 7.40. The first-order valence-corrected chi connectivity index (χ1v) is 13.6. The molecule has 4 aromatic rings. The second-order valence-corrected chi connectivity index (χ2v) is 10.3. The van der Waals surface area contributed by atoms with Crippen molar-refractivity contribution in [2.75, 3.05) is 27.3 Å². The third-order valence-corrected chi connectivity index (χ3v) is 7.40. The molecule has 0 radical (unpaired) electrons. The van der Waals surface area contributed by atoms with Gasteiger partial charge in [0.25, 0.3) is 5.91 Å². The van der Waals surface area contributed by atoms with Gasteiger partial charge in [-0.1, -0.05) is 5.16 Å². The number of hydrogen-bond donors (Lipinski definition) is 1. The SMILES string of the molecule is CO/N=C(\c1ccc(F)cc1F)C1CCN(C(=O)c2nc(-c3ccc(OC)c4nc(C(F)(F)F)ccc34)oc2[C@@H](C)N)CC1. The Balaban J connectivity index is 1.43. The zero-order valence-electron chi connectivity index (χ0n) is 23.9. The van der Waals surface area contributed by atoms with Crippen LogP contribution in [0.25, 0.3) is 22.4 Å². The average Bonchev–Trinajstić information content (AvgIpc) is 3.44. The van der Waals surface area contributed by atoms with Gasteiger partial charge >= 0.3 is 6.18 Å². The number of fused-ring (bicyclic) bond motifs is 1. The monoisotopic (exact) mass is 617 g/mol. The highest BCUT2D eigenvalue weighted by Gasteiger charge is 2.35. The van der Waals surface area contributed by atoms with Crippen LogP contribution < -0.4 is 10.5 Å². The zero-order valence-corrected chi connectivity index (χ0v) is 23.9. The zero-order chi connectivity index (χ0) is 31.8. The van der Waals surface area contributed by atoms with Crippen LogP contribution in [-0.2, 0) is 11.0 Å². The number of aromatic nitrogens is 2. The molecule has 1 fully saturated rings. The van der Waals surface area contributed by atoms with Crippen LogP contribution >= 0.6 is 0 Å². The van der Waals surface area contributed by atoms with Crippen molar-refractivity contribution in [2.24, 2.45) is 16.8 Å². The number of halogens is 5. The van der Waals surface area contributed by atoms with E-state index >= 15 is 0 Å². The smallest absolute Gasteiger partial charge is 0.433 e. The summed E-state index contributed by atoms with van der Waals surface area (Å²) in [4.78, 5) is 28.4. The summed E-state index contributed by atoms with van der Waals surface area (Å²) in [5, 5.41) is 4.27. The summed E-state index contributed by atoms with van der Waals surface area (Å²) in [6, 6.07) is 7.55. The molecule has 0 aliphatic carbocycles. The van der Waals surface area contributed by atoms with Crippen molar-refractivity contribution in [3.63, 3.8) is 0 Å². The summed E-state index contributed by atoms with van der Waals surface area (Å²) in [7, 11) is 2.64. The van der Waals surface area contributed by atoms with E-state index in [-0.39, 0.29) is 58.6 Å². The molecule has 1 saturated heterocycles. The van der Waals surface area contributed by atoms with E-state index in [1.165, 1.54) is 32.4 Å². The van der Waals surface area contributed by atoms with Gasteiger partial charge in [0.2, 0.25) is 5.89 Å². The Bertz CT molecular complexity index is 1730. The summed E-state index contributed by atoms with van der Waals surface area (Å²) >= 11 is 0. The lowest BCUT2D eigenvalue weighted by Crippen LogP contribution is -2.41. The molecule has 2 aromatic heterocycles. The molecule has 0 bridgehead atoms. The standard InChI is InChI=1S/C30H28F5N5O4/c1-15(36)27-26(29(41)40-12-10-16(11-13-40)24(39-43-3)20-5-4-17(31)14-21(20)32)38-28(44-27)19-6-8-22(42-2)25-18(19)7-9-23(37-25)30(33,34)35/h4-9,14-16H,10-13,36H2,1-3H3/b39-24-/t15-/m1/s1. The van der Waals surface area contributed by atoms with Gasteiger partial charge < -0.3 is 24.6 Å². The molecule has 1 atom stereocenters. The van der Waals surface area contributed by atoms with Crippen LogP contribution in [0.3, 0.4) is 0 Å². The number of methoxy groups -OCH3 is 1. The fourth-order valence-corrected chi connectivity index (χ4v) is 5.26. The summed E-state index contributed by atoms with van der Waals surface area (Å²) in [5.74, 6) is -2.03. The Morgan fingerprint density at radius 1 is 1.09 bits per heavy atom. The number of likely N-dealkylation sites (tertiary alicyclic amines) is 1. The van der Waals surface area contributed by atoms with E-state index in [0.717, 1.165) is 18.2 Å². The van der Waals surface area contributed by atoms with Crippen molar-refractivity contribution in [1.82, 2.24) is 14.9 Å². The van der Waals surface area contributed by atoms with E-state index in [9.17, 15) is 26.7 Å². The highest BCUT2D eigenvalue weighted by atomic mass is 19.4. The number of alkyl halides is 3. The Morgan fingerprint density at radius 2 is 1.82 bits per heavy atom. The molecule has 0 saturated carbocycles. The van der Waals surface area contributed by atoms with E-state index < -0.39 is 35.5 Å². The summed E-state index contributed by atoms with van der Waals surface area (Å²) < 4.78 is 79.3. The summed E-state index contributed by atoms with van der Waals surface area (Å²) in [6.45, 7) is 2.12. The quantitative estimate of drug-likeness (QED) is 0.151. The molecule has 3 heterocycles. The van der Waals surface area contributed by atoms with Crippen LogP contribution in [0.5, 0.6) is 5.75 Å². The molecular weight excluding hydrogens is 589 g/mol. The minimum atomic E-state index is -4.67. The molecule has 0 unspecified atom stereocenters. The van der Waals surface area contributed by atoms with Gasteiger partial charge in [-0.3, -0.25) is 4.79 Å². The molecule has 44 heavy (non-hydrogen) atoms. The molecule has 1 aliphatic heterocycles. The highest BCUT2D eigenvalue weighted by molar-refractivity contribution is 6.02. The van der Waals surface area contributed by atoms with Crippen molar-refractivity contribution in [1.29, 1.82) is 0 Å². The van der Waals surface area contributed by atoms with Crippen LogP contribution in [0.2, 0.25) is 0 Å². The normalized spacial score (nSPS) is 15.5. The largest absolute Gasteiger partial charge is 0.494 e. The topological polar surface area (TPSA) is 116 Å². The number of oxazole rings is 1. The van der Waals surface area contributed by atoms with E-state index in [4.69, 9.17) is 19.7 Å². The number of benzene rings is 2. The maximum Gasteiger partial charge on any atom is 0.433 e. The van der Waals surface area contributed by atoms with Gasteiger partial charge in [-0.05, 0) is 56.2 Å². The lowest BCUT2D eigenvalue weighted by Gasteiger charge is -2.32. The predicted octanol–water partition coefficient (Wildman–Crippen LogP) is 6.12. The van der Waals surface area contributed by atoms with E-state index in [1.807, 2.05) is 0 Å². The van der Waals surface area contributed by atoms with E-state index in [0.29, 0.717) is 24.1 Å². The lowest BCUT2D eigenvalue weighted by molar-refractivity contribution is -0.140. The number of rotatable bonds is 7. The van der Waals surface area contributed by atoms with Gasteiger partial charge in [0.1, 0.15) is 35.7 Å². The Morgan fingerprint density at radius 3 is 2.43 bits per heavy atom. The van der Waals surface area contributed by atoms with Crippen LogP contribution in [0.1, 0.15) is 53.3 Å². The number of nitrogens with two attached hydrogens (primary N) is 1. The minimum Gasteiger partial charge on any atom is -0.494 e. The van der Waals surface area contributed by atoms with E-state index in [1.54, 1.807) is 17.9 Å². The van der Waals surface area contributed by atoms with Crippen LogP contribution in [0.15, 0.2) is 52.0 Å². The maximum absolute atomic E-state index is 14.5. The molecule has 5 rings (SSSR count). The van der Waals surface area contributed by atoms with Gasteiger partial charge in [0.05, 0.1) is 18.9 Å². The number of carbonyl (C=O) groups is 1. The van der Waals surface area contributed by atoms with Gasteiger partial charge in [0.15, 0.2) is 11.5 Å². The number of nitrogens with zero attached hydrogens (tertiary/aromatic N) is 4. The molecule has 1 amide bonds. The van der Waals surface area contributed by atoms with Gasteiger partial charge in [-0.25, -0.2) is 18.7 Å². The van der Waals surface area contributed by atoms with Gasteiger partial charge in [-0.15, -0.1) is 0 Å². The number of ether oxygens (including phenoxy) is 1. The summed E-state index contributed by atoms with van der Waals surface area (Å²) in [6.07, 6.45) is -3.87. The number of oxime groups is 1. The molecule has 9 nitrogen and oxygen atoms in total. The molecule has 14 heteroatoms. The Labute approximate surface area is 248 Å². The van der Waals surface area contributed by atoms with Crippen molar-refractivity contribution in [2.45, 2.75) is 32.0 Å². The number of hydrogen-bond acceptors (Lipinski definition) is 8. The molecule has 2 aromatic carbocycles. The average molecular weight is 618 g/mol. The molecule has 1 aliphatic rings. The van der Waals surface area contributed by atoms with Crippen molar-refractivity contribution < 1.29 is 40.7 Å². The van der Waals surface area contributed by atoms with Crippen LogP contribution in [-0.4, -0.2) is 53.8 Å². The minimum absolute atomic E-state index is 0.0222. The van der Waals surface area contributed by atoms with Crippen molar-refractivity contribution in [3.8, 4) is 17.2 Å². The number of carbonyl (C=O) groups excluding carboxylic acids is 1. The first-order valence-electron chi connectivity index (χ1n) is 13.6. The van der Waals surface area contributed by atoms with E-state index in [2.05, 4.69) is 15.1 Å². The molecule has 232 valence electrons. The lowest BCUT2D eigenvalue weighted by atomic mass is 9.87. The Kier molecular flexibility index (Phi) is 8.55. The van der Waals surface area contributed by atoms with Crippen LogP contribution in [0.4, 0.5) is 22.0 Å². The van der Waals surface area contributed by atoms with Crippen LogP contribution in [0, 0.1) is 17.6 Å². The second kappa shape index (κ2) is 12.2. The highest BCUT2D eigenvalue weighted by Crippen LogP contribution is 2.38. The first-order chi connectivity index (χ1) is 20.9. The molecule has 2 N–H and O–H groups in total. The fourth-order valence-electron chi connectivity index (χ4n) is 5.26. The molecule has 0 spiro atoms. The summed E-state index contributed by atoms with van der Waals surface area (Å²) in [5.41, 5.74) is 5.67. The van der Waals surface area contributed by atoms with Crippen molar-refractivity contribution in [3.05, 3.63) is 76.8 Å². The van der Waals surface area contributed by atoms with Crippen molar-refractivity contribution >= 4 is 22.5 Å². The predicted molar refractivity (Wildman–Crippen MR) is 150 cm³/mol. The number of piperidine rings is 1. The second-order valence-electron chi connectivity index (χ2n) is 10.3. The number of amides is 1. The first kappa shape index (κ1) is 30.9. The van der Waals surface area contributed by atoms with Gasteiger partial charge in [-0.2, -0.15) is 13.2 Å². The maximum atomic E-state index is 14.5. The molecular formula is C30H28F5N5O4. The third kappa shape index (κ3) is 5.94.